The zero-order chi connectivity index (χ0) is 20.9. The summed E-state index contributed by atoms with van der Waals surface area (Å²) in [6.07, 6.45) is 0.168. The van der Waals surface area contributed by atoms with Crippen LogP contribution in [0.4, 0.5) is 0 Å². The van der Waals surface area contributed by atoms with Crippen LogP contribution in [0.25, 0.3) is 0 Å². The summed E-state index contributed by atoms with van der Waals surface area (Å²) < 4.78 is 21.5. The average Bonchev–Trinajstić information content (AvgIpc) is 2.71. The van der Waals surface area contributed by atoms with Gasteiger partial charge in [-0.25, -0.2) is 4.79 Å². The van der Waals surface area contributed by atoms with Gasteiger partial charge in [-0.05, 0) is 24.1 Å². The SMILES string of the molecule is CC[C@@H](OCC(=O)N(C)C)[C@@H](CC#CC(=O)OC)OCc1ccc(OC)cc1. The standard InChI is InChI=1S/C21H29NO6/c1-6-18(28-15-20(23)22(2)3)19(8-7-9-21(24)26-5)27-14-16-10-12-17(25-4)13-11-16/h10-13,18-19H,6,8,14-15H2,1-5H3/t18-,19-/m1/s1. The van der Waals surface area contributed by atoms with Gasteiger partial charge in [0.15, 0.2) is 0 Å². The van der Waals surface area contributed by atoms with Gasteiger partial charge in [-0.3, -0.25) is 4.79 Å². The van der Waals surface area contributed by atoms with Crippen LogP contribution < -0.4 is 4.74 Å². The minimum atomic E-state index is -0.606. The molecule has 0 N–H and O–H groups in total. The number of nitrogens with zero attached hydrogens (tertiary/aromatic N) is 1. The number of carbonyl (C=O) groups excluding carboxylic acids is 2. The van der Waals surface area contributed by atoms with E-state index in [9.17, 15) is 9.59 Å². The molecule has 0 aromatic heterocycles. The van der Waals surface area contributed by atoms with Crippen LogP contribution in [0.15, 0.2) is 24.3 Å². The Balaban J connectivity index is 2.80. The zero-order valence-corrected chi connectivity index (χ0v) is 17.2. The van der Waals surface area contributed by atoms with Crippen molar-refractivity contribution < 1.29 is 28.5 Å². The average molecular weight is 391 g/mol. The van der Waals surface area contributed by atoms with E-state index in [4.69, 9.17) is 14.2 Å². The number of hydrogen-bond acceptors (Lipinski definition) is 6. The molecule has 0 saturated heterocycles. The highest BCUT2D eigenvalue weighted by Crippen LogP contribution is 2.17. The quantitative estimate of drug-likeness (QED) is 0.345. The molecule has 1 rings (SSSR count). The summed E-state index contributed by atoms with van der Waals surface area (Å²) in [4.78, 5) is 24.5. The van der Waals surface area contributed by atoms with Gasteiger partial charge in [0.2, 0.25) is 5.91 Å². The van der Waals surface area contributed by atoms with E-state index >= 15 is 0 Å². The Bertz CT molecular complexity index is 674. The summed E-state index contributed by atoms with van der Waals surface area (Å²) in [6, 6.07) is 7.53. The number of esters is 1. The van der Waals surface area contributed by atoms with Crippen molar-refractivity contribution in [3.8, 4) is 17.6 Å². The van der Waals surface area contributed by atoms with E-state index in [1.54, 1.807) is 21.2 Å². The molecule has 28 heavy (non-hydrogen) atoms. The molecular formula is C21H29NO6. The van der Waals surface area contributed by atoms with Crippen LogP contribution in [0, 0.1) is 11.8 Å². The first-order valence-corrected chi connectivity index (χ1v) is 9.04. The fraction of sp³-hybridized carbons (Fsp3) is 0.524. The Morgan fingerprint density at radius 2 is 1.75 bits per heavy atom. The molecular weight excluding hydrogens is 362 g/mol. The van der Waals surface area contributed by atoms with Crippen LogP contribution in [0.1, 0.15) is 25.3 Å². The number of rotatable bonds is 10. The van der Waals surface area contributed by atoms with Crippen LogP contribution in [-0.4, -0.2) is 63.9 Å². The first-order chi connectivity index (χ1) is 13.4. The van der Waals surface area contributed by atoms with Crippen molar-refractivity contribution in [3.63, 3.8) is 0 Å². The molecule has 0 aliphatic rings. The summed E-state index contributed by atoms with van der Waals surface area (Å²) in [5.74, 6) is 5.20. The lowest BCUT2D eigenvalue weighted by Crippen LogP contribution is -2.35. The van der Waals surface area contributed by atoms with Crippen LogP contribution in [0.5, 0.6) is 5.75 Å². The second kappa shape index (κ2) is 12.8. The second-order valence-corrected chi connectivity index (χ2v) is 6.24. The van der Waals surface area contributed by atoms with E-state index in [0.717, 1.165) is 11.3 Å². The lowest BCUT2D eigenvalue weighted by atomic mass is 10.1. The van der Waals surface area contributed by atoms with Crippen LogP contribution in [-0.2, 0) is 30.4 Å². The highest BCUT2D eigenvalue weighted by atomic mass is 16.5. The molecule has 7 heteroatoms. The molecule has 0 heterocycles. The Kier molecular flexibility index (Phi) is 10.7. The summed E-state index contributed by atoms with van der Waals surface area (Å²) in [7, 11) is 6.23. The predicted molar refractivity (Wildman–Crippen MR) is 105 cm³/mol. The molecule has 0 radical (unpaired) electrons. The first-order valence-electron chi connectivity index (χ1n) is 9.04. The number of ether oxygens (including phenoxy) is 4. The molecule has 1 aromatic carbocycles. The van der Waals surface area contributed by atoms with E-state index in [-0.39, 0.29) is 25.0 Å². The third kappa shape index (κ3) is 8.42. The maximum Gasteiger partial charge on any atom is 0.384 e. The molecule has 0 bridgehead atoms. The fourth-order valence-corrected chi connectivity index (χ4v) is 2.29. The maximum absolute atomic E-state index is 11.8. The van der Waals surface area contributed by atoms with E-state index in [0.29, 0.717) is 13.0 Å². The third-order valence-corrected chi connectivity index (χ3v) is 4.04. The number of likely N-dealkylation sites (N-methyl/N-ethyl adjacent to an activating group) is 1. The Morgan fingerprint density at radius 1 is 1.07 bits per heavy atom. The lowest BCUT2D eigenvalue weighted by Gasteiger charge is -2.26. The fourth-order valence-electron chi connectivity index (χ4n) is 2.29. The van der Waals surface area contributed by atoms with E-state index < -0.39 is 12.1 Å². The molecule has 2 atom stereocenters. The van der Waals surface area contributed by atoms with Gasteiger partial charge >= 0.3 is 5.97 Å². The molecule has 154 valence electrons. The molecule has 0 aliphatic heterocycles. The van der Waals surface area contributed by atoms with E-state index in [2.05, 4.69) is 16.6 Å². The molecule has 1 amide bonds. The molecule has 0 aliphatic carbocycles. The van der Waals surface area contributed by atoms with Crippen LogP contribution in [0.3, 0.4) is 0 Å². The van der Waals surface area contributed by atoms with Crippen molar-refractivity contribution in [3.05, 3.63) is 29.8 Å². The molecule has 0 unspecified atom stereocenters. The van der Waals surface area contributed by atoms with Gasteiger partial charge in [-0.2, -0.15) is 0 Å². The molecule has 0 fully saturated rings. The number of hydrogen-bond donors (Lipinski definition) is 0. The third-order valence-electron chi connectivity index (χ3n) is 4.04. The molecule has 0 spiro atoms. The van der Waals surface area contributed by atoms with Crippen molar-refractivity contribution in [2.24, 2.45) is 0 Å². The van der Waals surface area contributed by atoms with Gasteiger partial charge in [0.25, 0.3) is 0 Å². The van der Waals surface area contributed by atoms with Crippen LogP contribution in [0.2, 0.25) is 0 Å². The van der Waals surface area contributed by atoms with Crippen molar-refractivity contribution in [1.82, 2.24) is 4.90 Å². The van der Waals surface area contributed by atoms with Gasteiger partial charge in [-0.1, -0.05) is 25.0 Å². The van der Waals surface area contributed by atoms with Crippen molar-refractivity contribution in [1.29, 1.82) is 0 Å². The van der Waals surface area contributed by atoms with Gasteiger partial charge < -0.3 is 23.8 Å². The molecule has 7 nitrogen and oxygen atoms in total. The molecule has 0 saturated carbocycles. The van der Waals surface area contributed by atoms with Crippen molar-refractivity contribution in [2.45, 2.75) is 38.6 Å². The first kappa shape index (κ1) is 23.5. The van der Waals surface area contributed by atoms with Crippen LogP contribution >= 0.6 is 0 Å². The summed E-state index contributed by atoms with van der Waals surface area (Å²) in [5, 5.41) is 0. The maximum atomic E-state index is 11.8. The number of amides is 1. The minimum absolute atomic E-state index is 0.0433. The highest BCUT2D eigenvalue weighted by molar-refractivity contribution is 5.88. The Hall–Kier alpha value is -2.56. The smallest absolute Gasteiger partial charge is 0.384 e. The lowest BCUT2D eigenvalue weighted by molar-refractivity contribution is -0.140. The van der Waals surface area contributed by atoms with Gasteiger partial charge in [0, 0.05) is 26.4 Å². The Morgan fingerprint density at radius 3 is 2.29 bits per heavy atom. The van der Waals surface area contributed by atoms with Crippen molar-refractivity contribution in [2.75, 3.05) is 34.9 Å². The normalized spacial score (nSPS) is 12.3. The minimum Gasteiger partial charge on any atom is -0.497 e. The van der Waals surface area contributed by atoms with E-state index in [1.165, 1.54) is 12.0 Å². The topological polar surface area (TPSA) is 74.3 Å². The second-order valence-electron chi connectivity index (χ2n) is 6.24. The van der Waals surface area contributed by atoms with Crippen molar-refractivity contribution >= 4 is 11.9 Å². The largest absolute Gasteiger partial charge is 0.497 e. The van der Waals surface area contributed by atoms with Gasteiger partial charge in [0.1, 0.15) is 12.4 Å². The van der Waals surface area contributed by atoms with Gasteiger partial charge in [0.05, 0.1) is 33.0 Å². The number of benzene rings is 1. The monoisotopic (exact) mass is 391 g/mol. The predicted octanol–water partition coefficient (Wildman–Crippen LogP) is 2.03. The van der Waals surface area contributed by atoms with E-state index in [1.807, 2.05) is 31.2 Å². The highest BCUT2D eigenvalue weighted by Gasteiger charge is 2.22. The Labute approximate surface area is 166 Å². The summed E-state index contributed by atoms with van der Waals surface area (Å²) in [5.41, 5.74) is 0.964. The number of methoxy groups -OCH3 is 2. The summed E-state index contributed by atoms with van der Waals surface area (Å²) in [6.45, 7) is 2.25. The zero-order valence-electron chi connectivity index (χ0n) is 17.2. The van der Waals surface area contributed by atoms with Gasteiger partial charge in [-0.15, -0.1) is 0 Å². The number of carbonyl (C=O) groups is 2. The summed E-state index contributed by atoms with van der Waals surface area (Å²) >= 11 is 0. The molecule has 1 aromatic rings.